The van der Waals surface area contributed by atoms with Crippen LogP contribution in [0.2, 0.25) is 0 Å². The first-order valence-electron chi connectivity index (χ1n) is 8.48. The van der Waals surface area contributed by atoms with Crippen LogP contribution >= 0.6 is 0 Å². The van der Waals surface area contributed by atoms with E-state index in [0.29, 0.717) is 18.7 Å². The molecule has 1 aromatic carbocycles. The molecule has 0 aliphatic carbocycles. The number of nitrogens with zero attached hydrogens (tertiary/aromatic N) is 6. The fourth-order valence-electron chi connectivity index (χ4n) is 2.58. The van der Waals surface area contributed by atoms with E-state index in [1.807, 2.05) is 35.0 Å². The van der Waals surface area contributed by atoms with Crippen LogP contribution in [0.15, 0.2) is 49.3 Å². The molecule has 8 heteroatoms. The average molecular weight is 353 g/mol. The van der Waals surface area contributed by atoms with Gasteiger partial charge >= 0.3 is 0 Å². The Morgan fingerprint density at radius 3 is 2.54 bits per heavy atom. The van der Waals surface area contributed by atoms with Gasteiger partial charge in [0.05, 0.1) is 18.9 Å². The van der Waals surface area contributed by atoms with Crippen molar-refractivity contribution in [2.45, 2.75) is 39.9 Å². The van der Waals surface area contributed by atoms with Crippen molar-refractivity contribution in [2.75, 3.05) is 0 Å². The molecule has 26 heavy (non-hydrogen) atoms. The van der Waals surface area contributed by atoms with E-state index in [1.165, 1.54) is 0 Å². The number of imidazole rings is 1. The Morgan fingerprint density at radius 1 is 1.19 bits per heavy atom. The number of rotatable bonds is 6. The summed E-state index contributed by atoms with van der Waals surface area (Å²) in [7, 11) is 0. The second-order valence-electron chi connectivity index (χ2n) is 7.36. The topological polar surface area (TPSA) is 90.5 Å². The Morgan fingerprint density at radius 2 is 1.96 bits per heavy atom. The van der Waals surface area contributed by atoms with Crippen LogP contribution in [0.4, 0.5) is 0 Å². The van der Waals surface area contributed by atoms with Gasteiger partial charge in [-0.3, -0.25) is 4.79 Å². The van der Waals surface area contributed by atoms with E-state index >= 15 is 0 Å². The van der Waals surface area contributed by atoms with Crippen molar-refractivity contribution in [1.82, 2.24) is 35.1 Å². The van der Waals surface area contributed by atoms with Gasteiger partial charge in [-0.05, 0) is 33.5 Å². The number of nitrogens with one attached hydrogen (secondary N) is 1. The Bertz CT molecular complexity index is 818. The van der Waals surface area contributed by atoms with Crippen molar-refractivity contribution < 1.29 is 4.79 Å². The molecule has 1 atom stereocenters. The number of carbonyl (C=O) groups is 1. The zero-order valence-corrected chi connectivity index (χ0v) is 15.2. The highest BCUT2D eigenvalue weighted by atomic mass is 16.1. The van der Waals surface area contributed by atoms with E-state index in [9.17, 15) is 4.79 Å². The van der Waals surface area contributed by atoms with Gasteiger partial charge in [0.15, 0.2) is 0 Å². The molecule has 0 radical (unpaired) electrons. The summed E-state index contributed by atoms with van der Waals surface area (Å²) in [6, 6.07) is 7.46. The number of hydrogen-bond acceptors (Lipinski definition) is 5. The van der Waals surface area contributed by atoms with Gasteiger partial charge in [0.25, 0.3) is 5.91 Å². The van der Waals surface area contributed by atoms with Crippen LogP contribution < -0.4 is 5.32 Å². The molecule has 0 spiro atoms. The molecule has 0 fully saturated rings. The van der Waals surface area contributed by atoms with Crippen LogP contribution in [0.5, 0.6) is 0 Å². The molecule has 1 N–H and O–H groups in total. The third-order valence-electron chi connectivity index (χ3n) is 4.26. The largest absolute Gasteiger partial charge is 0.347 e. The minimum atomic E-state index is -0.0842. The molecular weight excluding hydrogens is 330 g/mol. The van der Waals surface area contributed by atoms with E-state index in [4.69, 9.17) is 0 Å². The predicted octanol–water partition coefficient (Wildman–Crippen LogP) is 1.76. The van der Waals surface area contributed by atoms with Crippen LogP contribution in [0.25, 0.3) is 0 Å². The van der Waals surface area contributed by atoms with E-state index in [-0.39, 0.29) is 17.4 Å². The molecule has 1 amide bonds. The maximum absolute atomic E-state index is 12.7. The van der Waals surface area contributed by atoms with Crippen LogP contribution in [0.1, 0.15) is 36.7 Å². The zero-order valence-electron chi connectivity index (χ0n) is 15.2. The van der Waals surface area contributed by atoms with E-state index in [0.717, 1.165) is 5.56 Å². The van der Waals surface area contributed by atoms with Gasteiger partial charge in [0.2, 0.25) is 0 Å². The van der Waals surface area contributed by atoms with Gasteiger partial charge in [0.1, 0.15) is 6.33 Å². The Hall–Kier alpha value is -3.03. The molecule has 3 aromatic rings. The smallest absolute Gasteiger partial charge is 0.251 e. The first kappa shape index (κ1) is 17.8. The number of amides is 1. The van der Waals surface area contributed by atoms with Gasteiger partial charge in [-0.25, -0.2) is 9.67 Å². The van der Waals surface area contributed by atoms with Crippen LogP contribution in [0, 0.1) is 5.41 Å². The summed E-state index contributed by atoms with van der Waals surface area (Å²) in [5.41, 5.74) is 1.57. The van der Waals surface area contributed by atoms with Gasteiger partial charge in [-0.2, -0.15) is 0 Å². The lowest BCUT2D eigenvalue weighted by Crippen LogP contribution is -2.46. The molecular formula is C18H23N7O. The zero-order chi connectivity index (χ0) is 18.6. The second-order valence-corrected chi connectivity index (χ2v) is 7.36. The summed E-state index contributed by atoms with van der Waals surface area (Å²) in [5, 5.41) is 14.2. The SMILES string of the molecule is CC(C)(C)[C@H](Cn1ccnc1)NC(=O)c1ccc(Cn2cnnn2)cc1. The minimum absolute atomic E-state index is 0.0231. The quantitative estimate of drug-likeness (QED) is 0.729. The van der Waals surface area contributed by atoms with Crippen LogP contribution in [-0.4, -0.2) is 41.7 Å². The van der Waals surface area contributed by atoms with Gasteiger partial charge in [-0.15, -0.1) is 5.10 Å². The highest BCUT2D eigenvalue weighted by Crippen LogP contribution is 2.21. The molecule has 0 saturated heterocycles. The fraction of sp³-hybridized carbons (Fsp3) is 0.389. The minimum Gasteiger partial charge on any atom is -0.347 e. The lowest BCUT2D eigenvalue weighted by Gasteiger charge is -2.31. The van der Waals surface area contributed by atoms with Crippen LogP contribution in [0.3, 0.4) is 0 Å². The highest BCUT2D eigenvalue weighted by molar-refractivity contribution is 5.94. The summed E-state index contributed by atoms with van der Waals surface area (Å²) in [6.07, 6.45) is 6.97. The normalized spacial score (nSPS) is 12.7. The van der Waals surface area contributed by atoms with Crippen molar-refractivity contribution in [3.05, 3.63) is 60.4 Å². The van der Waals surface area contributed by atoms with Gasteiger partial charge in [0, 0.05) is 24.5 Å². The standard InChI is InChI=1S/C18H23N7O/c1-18(2,3)16(11-24-9-8-19-12-24)21-17(26)15-6-4-14(5-7-15)10-25-13-20-22-23-25/h4-9,12-13,16H,10-11H2,1-3H3,(H,21,26)/t16-/m0/s1. The molecule has 2 aromatic heterocycles. The number of carbonyl (C=O) groups excluding carboxylic acids is 1. The van der Waals surface area contributed by atoms with Crippen molar-refractivity contribution in [3.63, 3.8) is 0 Å². The first-order valence-corrected chi connectivity index (χ1v) is 8.48. The maximum Gasteiger partial charge on any atom is 0.251 e. The Kier molecular flexibility index (Phi) is 5.11. The van der Waals surface area contributed by atoms with E-state index in [1.54, 1.807) is 23.5 Å². The number of benzene rings is 1. The third kappa shape index (κ3) is 4.53. The summed E-state index contributed by atoms with van der Waals surface area (Å²) in [6.45, 7) is 7.59. The van der Waals surface area contributed by atoms with Gasteiger partial charge in [-0.1, -0.05) is 32.9 Å². The lowest BCUT2D eigenvalue weighted by atomic mass is 9.86. The summed E-state index contributed by atoms with van der Waals surface area (Å²) < 4.78 is 3.61. The van der Waals surface area contributed by atoms with E-state index in [2.05, 4.69) is 46.6 Å². The predicted molar refractivity (Wildman–Crippen MR) is 96.3 cm³/mol. The summed E-state index contributed by atoms with van der Waals surface area (Å²) in [4.78, 5) is 16.8. The fourth-order valence-corrected chi connectivity index (χ4v) is 2.58. The Labute approximate surface area is 152 Å². The van der Waals surface area contributed by atoms with E-state index < -0.39 is 0 Å². The lowest BCUT2D eigenvalue weighted by molar-refractivity contribution is 0.0892. The second kappa shape index (κ2) is 7.47. The first-order chi connectivity index (χ1) is 12.4. The number of tetrazole rings is 1. The third-order valence-corrected chi connectivity index (χ3v) is 4.26. The number of hydrogen-bond donors (Lipinski definition) is 1. The van der Waals surface area contributed by atoms with Gasteiger partial charge < -0.3 is 9.88 Å². The molecule has 0 aliphatic heterocycles. The monoisotopic (exact) mass is 353 g/mol. The maximum atomic E-state index is 12.7. The van der Waals surface area contributed by atoms with Crippen LogP contribution in [-0.2, 0) is 13.1 Å². The molecule has 3 rings (SSSR count). The van der Waals surface area contributed by atoms with Crippen molar-refractivity contribution >= 4 is 5.91 Å². The van der Waals surface area contributed by atoms with Crippen molar-refractivity contribution in [1.29, 1.82) is 0 Å². The summed E-state index contributed by atoms with van der Waals surface area (Å²) in [5.74, 6) is -0.0842. The molecule has 8 nitrogen and oxygen atoms in total. The van der Waals surface area contributed by atoms with Crippen molar-refractivity contribution in [2.24, 2.45) is 5.41 Å². The summed E-state index contributed by atoms with van der Waals surface area (Å²) >= 11 is 0. The van der Waals surface area contributed by atoms with Crippen molar-refractivity contribution in [3.8, 4) is 0 Å². The highest BCUT2D eigenvalue weighted by Gasteiger charge is 2.27. The molecule has 136 valence electrons. The molecule has 0 saturated carbocycles. The average Bonchev–Trinajstić information content (AvgIpc) is 3.28. The molecule has 2 heterocycles. The molecule has 0 unspecified atom stereocenters. The Balaban J connectivity index is 1.67. The molecule has 0 aliphatic rings. The molecule has 0 bridgehead atoms. The number of aromatic nitrogens is 6.